The zero-order valence-electron chi connectivity index (χ0n) is 10.6. The van der Waals surface area contributed by atoms with Crippen molar-refractivity contribution in [1.82, 2.24) is 5.32 Å². The SMILES string of the molecule is CC1(NC(=O)c2cc([N+](=O)[O-])ccc2F)CCCC1. The van der Waals surface area contributed by atoms with Crippen LogP contribution < -0.4 is 5.32 Å². The smallest absolute Gasteiger partial charge is 0.270 e. The molecule has 1 aliphatic rings. The normalized spacial score (nSPS) is 17.2. The third-order valence-electron chi connectivity index (χ3n) is 3.53. The zero-order valence-corrected chi connectivity index (χ0v) is 10.6. The van der Waals surface area contributed by atoms with Gasteiger partial charge in [0.05, 0.1) is 10.5 Å². The van der Waals surface area contributed by atoms with Crippen LogP contribution in [0, 0.1) is 15.9 Å². The number of hydrogen-bond acceptors (Lipinski definition) is 3. The van der Waals surface area contributed by atoms with Crippen molar-refractivity contribution in [3.05, 3.63) is 39.7 Å². The summed E-state index contributed by atoms with van der Waals surface area (Å²) in [6.07, 6.45) is 3.73. The Kier molecular flexibility index (Phi) is 3.50. The molecule has 5 nitrogen and oxygen atoms in total. The van der Waals surface area contributed by atoms with Crippen LogP contribution in [0.5, 0.6) is 0 Å². The molecule has 0 atom stereocenters. The van der Waals surface area contributed by atoms with Crippen molar-refractivity contribution in [2.24, 2.45) is 0 Å². The van der Waals surface area contributed by atoms with Gasteiger partial charge in [0.15, 0.2) is 0 Å². The van der Waals surface area contributed by atoms with Crippen LogP contribution in [-0.4, -0.2) is 16.4 Å². The number of amides is 1. The molecule has 0 unspecified atom stereocenters. The topological polar surface area (TPSA) is 72.2 Å². The first-order valence-corrected chi connectivity index (χ1v) is 6.18. The number of benzene rings is 1. The molecular formula is C13H15FN2O3. The average Bonchev–Trinajstić information content (AvgIpc) is 2.75. The van der Waals surface area contributed by atoms with Crippen LogP contribution in [-0.2, 0) is 0 Å². The summed E-state index contributed by atoms with van der Waals surface area (Å²) in [4.78, 5) is 22.0. The summed E-state index contributed by atoms with van der Waals surface area (Å²) >= 11 is 0. The second-order valence-electron chi connectivity index (χ2n) is 5.14. The molecule has 0 bridgehead atoms. The van der Waals surface area contributed by atoms with Gasteiger partial charge in [0.2, 0.25) is 0 Å². The summed E-state index contributed by atoms with van der Waals surface area (Å²) in [6.45, 7) is 1.91. The van der Waals surface area contributed by atoms with Crippen LogP contribution in [0.2, 0.25) is 0 Å². The molecule has 1 amide bonds. The molecule has 19 heavy (non-hydrogen) atoms. The van der Waals surface area contributed by atoms with Gasteiger partial charge >= 0.3 is 0 Å². The van der Waals surface area contributed by atoms with Gasteiger partial charge in [-0.25, -0.2) is 4.39 Å². The van der Waals surface area contributed by atoms with Crippen molar-refractivity contribution >= 4 is 11.6 Å². The fourth-order valence-electron chi connectivity index (χ4n) is 2.42. The molecule has 0 radical (unpaired) electrons. The monoisotopic (exact) mass is 266 g/mol. The fourth-order valence-corrected chi connectivity index (χ4v) is 2.42. The predicted octanol–water partition coefficient (Wildman–Crippen LogP) is 2.80. The molecule has 1 aromatic carbocycles. The Morgan fingerprint density at radius 2 is 2.05 bits per heavy atom. The van der Waals surface area contributed by atoms with E-state index >= 15 is 0 Å². The molecule has 6 heteroatoms. The number of nitrogens with one attached hydrogen (secondary N) is 1. The highest BCUT2D eigenvalue weighted by Gasteiger charge is 2.31. The Morgan fingerprint density at radius 1 is 1.42 bits per heavy atom. The lowest BCUT2D eigenvalue weighted by atomic mass is 10.00. The van der Waals surface area contributed by atoms with Crippen LogP contribution in [0.15, 0.2) is 18.2 Å². The molecule has 0 spiro atoms. The van der Waals surface area contributed by atoms with Gasteiger partial charge in [0, 0.05) is 17.7 Å². The van der Waals surface area contributed by atoms with E-state index in [0.717, 1.165) is 43.9 Å². The summed E-state index contributed by atoms with van der Waals surface area (Å²) < 4.78 is 13.6. The van der Waals surface area contributed by atoms with Gasteiger partial charge in [-0.05, 0) is 25.8 Å². The molecule has 1 aromatic rings. The molecule has 0 heterocycles. The van der Waals surface area contributed by atoms with E-state index in [2.05, 4.69) is 5.32 Å². The number of non-ortho nitro benzene ring substituents is 1. The lowest BCUT2D eigenvalue weighted by molar-refractivity contribution is -0.384. The lowest BCUT2D eigenvalue weighted by Gasteiger charge is -2.25. The summed E-state index contributed by atoms with van der Waals surface area (Å²) in [5.41, 5.74) is -0.904. The number of hydrogen-bond donors (Lipinski definition) is 1. The first-order valence-electron chi connectivity index (χ1n) is 6.18. The number of nitro groups is 1. The summed E-state index contributed by atoms with van der Waals surface area (Å²) in [5.74, 6) is -1.34. The van der Waals surface area contributed by atoms with Crippen molar-refractivity contribution in [3.63, 3.8) is 0 Å². The number of nitrogens with zero attached hydrogens (tertiary/aromatic N) is 1. The van der Waals surface area contributed by atoms with E-state index < -0.39 is 16.6 Å². The minimum atomic E-state index is -0.746. The lowest BCUT2D eigenvalue weighted by Crippen LogP contribution is -2.43. The van der Waals surface area contributed by atoms with Crippen LogP contribution in [0.25, 0.3) is 0 Å². The van der Waals surface area contributed by atoms with E-state index in [9.17, 15) is 19.3 Å². The molecule has 0 aliphatic heterocycles. The van der Waals surface area contributed by atoms with Gasteiger partial charge < -0.3 is 5.32 Å². The highest BCUT2D eigenvalue weighted by Crippen LogP contribution is 2.29. The molecule has 1 fully saturated rings. The summed E-state index contributed by atoms with van der Waals surface area (Å²) in [7, 11) is 0. The van der Waals surface area contributed by atoms with Gasteiger partial charge in [0.25, 0.3) is 11.6 Å². The molecular weight excluding hydrogens is 251 g/mol. The Morgan fingerprint density at radius 3 is 2.63 bits per heavy atom. The standard InChI is InChI=1S/C13H15FN2O3/c1-13(6-2-3-7-13)15-12(17)10-8-9(16(18)19)4-5-11(10)14/h4-5,8H,2-3,6-7H2,1H3,(H,15,17). The number of carbonyl (C=O) groups excluding carboxylic acids is 1. The van der Waals surface area contributed by atoms with Crippen molar-refractivity contribution < 1.29 is 14.1 Å². The van der Waals surface area contributed by atoms with E-state index in [-0.39, 0.29) is 16.8 Å². The second kappa shape index (κ2) is 4.95. The molecule has 1 N–H and O–H groups in total. The van der Waals surface area contributed by atoms with Gasteiger partial charge in [-0.2, -0.15) is 0 Å². The van der Waals surface area contributed by atoms with Gasteiger partial charge in [-0.3, -0.25) is 14.9 Å². The first kappa shape index (κ1) is 13.5. The Labute approximate surface area is 110 Å². The quantitative estimate of drug-likeness (QED) is 0.675. The molecule has 1 aliphatic carbocycles. The van der Waals surface area contributed by atoms with E-state index in [0.29, 0.717) is 0 Å². The third kappa shape index (κ3) is 2.89. The fraction of sp³-hybridized carbons (Fsp3) is 0.462. The minimum absolute atomic E-state index is 0.276. The predicted molar refractivity (Wildman–Crippen MR) is 67.4 cm³/mol. The third-order valence-corrected chi connectivity index (χ3v) is 3.53. The second-order valence-corrected chi connectivity index (χ2v) is 5.14. The van der Waals surface area contributed by atoms with E-state index in [1.165, 1.54) is 0 Å². The van der Waals surface area contributed by atoms with Crippen molar-refractivity contribution in [2.75, 3.05) is 0 Å². The minimum Gasteiger partial charge on any atom is -0.347 e. The van der Waals surface area contributed by atoms with E-state index in [4.69, 9.17) is 0 Å². The molecule has 1 saturated carbocycles. The maximum atomic E-state index is 13.6. The zero-order chi connectivity index (χ0) is 14.0. The van der Waals surface area contributed by atoms with E-state index in [1.54, 1.807) is 0 Å². The average molecular weight is 266 g/mol. The van der Waals surface area contributed by atoms with Gasteiger partial charge in [-0.1, -0.05) is 12.8 Å². The van der Waals surface area contributed by atoms with Gasteiger partial charge in [0.1, 0.15) is 5.82 Å². The number of carbonyl (C=O) groups is 1. The Hall–Kier alpha value is -1.98. The first-order chi connectivity index (χ1) is 8.91. The highest BCUT2D eigenvalue weighted by molar-refractivity contribution is 5.95. The van der Waals surface area contributed by atoms with Crippen LogP contribution in [0.3, 0.4) is 0 Å². The highest BCUT2D eigenvalue weighted by atomic mass is 19.1. The number of rotatable bonds is 3. The summed E-state index contributed by atoms with van der Waals surface area (Å²) in [6, 6.07) is 2.97. The number of nitro benzene ring substituents is 1. The molecule has 102 valence electrons. The maximum absolute atomic E-state index is 13.6. The Bertz CT molecular complexity index is 525. The van der Waals surface area contributed by atoms with E-state index in [1.807, 2.05) is 6.92 Å². The largest absolute Gasteiger partial charge is 0.347 e. The molecule has 0 aromatic heterocycles. The van der Waals surface area contributed by atoms with Crippen molar-refractivity contribution in [2.45, 2.75) is 38.1 Å². The maximum Gasteiger partial charge on any atom is 0.270 e. The van der Waals surface area contributed by atoms with Crippen LogP contribution >= 0.6 is 0 Å². The molecule has 2 rings (SSSR count). The molecule has 0 saturated heterocycles. The summed E-state index contributed by atoms with van der Waals surface area (Å²) in [5, 5.41) is 13.4. The van der Waals surface area contributed by atoms with Gasteiger partial charge in [-0.15, -0.1) is 0 Å². The van der Waals surface area contributed by atoms with Crippen molar-refractivity contribution in [1.29, 1.82) is 0 Å². The Balaban J connectivity index is 2.23. The van der Waals surface area contributed by atoms with Crippen molar-refractivity contribution in [3.8, 4) is 0 Å². The van der Waals surface area contributed by atoms with Crippen LogP contribution in [0.1, 0.15) is 43.0 Å². The number of halogens is 1. The van der Waals surface area contributed by atoms with Crippen LogP contribution in [0.4, 0.5) is 10.1 Å².